The number of benzene rings is 1. The summed E-state index contributed by atoms with van der Waals surface area (Å²) in [6, 6.07) is 7.42. The van der Waals surface area contributed by atoms with Crippen molar-refractivity contribution in [2.24, 2.45) is 11.8 Å². The molecule has 0 saturated carbocycles. The van der Waals surface area contributed by atoms with Crippen LogP contribution >= 0.6 is 22.9 Å². The van der Waals surface area contributed by atoms with Crippen LogP contribution in [-0.4, -0.2) is 21.8 Å². The smallest absolute Gasteiger partial charge is 0.306 e. The Kier molecular flexibility index (Phi) is 6.52. The lowest BCUT2D eigenvalue weighted by Crippen LogP contribution is -2.20. The molecule has 1 aromatic heterocycles. The Balaban J connectivity index is 2.02. The second-order valence-corrected chi connectivity index (χ2v) is 7.47. The highest BCUT2D eigenvalue weighted by Crippen LogP contribution is 2.30. The number of carbonyl (C=O) groups excluding carboxylic acids is 1. The summed E-state index contributed by atoms with van der Waals surface area (Å²) in [7, 11) is 0. The van der Waals surface area contributed by atoms with E-state index >= 15 is 0 Å². The minimum Gasteiger partial charge on any atom is -0.481 e. The Bertz CT molecular complexity index is 727. The second-order valence-electron chi connectivity index (χ2n) is 6.21. The lowest BCUT2D eigenvalue weighted by molar-refractivity contribution is -0.144. The van der Waals surface area contributed by atoms with Crippen LogP contribution in [0, 0.1) is 11.8 Å². The minimum absolute atomic E-state index is 0.0481. The van der Waals surface area contributed by atoms with Gasteiger partial charge in [-0.25, -0.2) is 4.98 Å². The first kappa shape index (κ1) is 18.6. The van der Waals surface area contributed by atoms with Crippen LogP contribution in [0.1, 0.15) is 32.4 Å². The van der Waals surface area contributed by atoms with Crippen LogP contribution in [0.3, 0.4) is 0 Å². The van der Waals surface area contributed by atoms with Gasteiger partial charge in [0.2, 0.25) is 0 Å². The fraction of sp³-hybridized carbons (Fsp3) is 0.389. The Labute approximate surface area is 150 Å². The molecule has 2 aromatic rings. The van der Waals surface area contributed by atoms with E-state index in [2.05, 4.69) is 4.98 Å². The summed E-state index contributed by atoms with van der Waals surface area (Å²) in [5.41, 5.74) is 1.50. The molecule has 1 N–H and O–H groups in total. The number of carboxylic acids is 1. The number of nitrogens with zero attached hydrogens (tertiary/aromatic N) is 1. The van der Waals surface area contributed by atoms with Crippen molar-refractivity contribution in [2.75, 3.05) is 0 Å². The quantitative estimate of drug-likeness (QED) is 0.735. The fourth-order valence-electron chi connectivity index (χ4n) is 2.54. The van der Waals surface area contributed by atoms with Gasteiger partial charge >= 0.3 is 5.97 Å². The molecular formula is C18H20ClNO3S. The topological polar surface area (TPSA) is 67.3 Å². The van der Waals surface area contributed by atoms with Crippen LogP contribution in [0.2, 0.25) is 5.02 Å². The molecule has 0 aliphatic carbocycles. The SMILES string of the molecule is CC(C)C[C@@H](CC(=O)Cc1csc(-c2ccccc2Cl)n1)C(=O)O. The Morgan fingerprint density at radius 2 is 2.00 bits per heavy atom. The predicted octanol–water partition coefficient (Wildman–Crippen LogP) is 4.71. The van der Waals surface area contributed by atoms with Crippen molar-refractivity contribution in [1.82, 2.24) is 4.98 Å². The largest absolute Gasteiger partial charge is 0.481 e. The van der Waals surface area contributed by atoms with E-state index in [4.69, 9.17) is 11.6 Å². The third-order valence-electron chi connectivity index (χ3n) is 3.61. The summed E-state index contributed by atoms with van der Waals surface area (Å²) in [6.07, 6.45) is 0.707. The van der Waals surface area contributed by atoms with Crippen LogP contribution in [-0.2, 0) is 16.0 Å². The third kappa shape index (κ3) is 5.14. The molecule has 0 bridgehead atoms. The van der Waals surface area contributed by atoms with Crippen LogP contribution in [0.15, 0.2) is 29.6 Å². The predicted molar refractivity (Wildman–Crippen MR) is 96.5 cm³/mol. The number of ketones is 1. The first-order valence-corrected chi connectivity index (χ1v) is 9.06. The Morgan fingerprint density at radius 1 is 1.29 bits per heavy atom. The monoisotopic (exact) mass is 365 g/mol. The molecule has 0 saturated heterocycles. The van der Waals surface area contributed by atoms with Gasteiger partial charge in [0.25, 0.3) is 0 Å². The van der Waals surface area contributed by atoms with Gasteiger partial charge in [-0.05, 0) is 18.4 Å². The number of rotatable bonds is 8. The normalized spacial score (nSPS) is 12.3. The van der Waals surface area contributed by atoms with Gasteiger partial charge < -0.3 is 5.11 Å². The number of halogens is 1. The highest BCUT2D eigenvalue weighted by Gasteiger charge is 2.23. The van der Waals surface area contributed by atoms with Crippen LogP contribution < -0.4 is 0 Å². The van der Waals surface area contributed by atoms with Gasteiger partial charge in [0.15, 0.2) is 0 Å². The van der Waals surface area contributed by atoms with Crippen molar-refractivity contribution in [3.8, 4) is 10.6 Å². The lowest BCUT2D eigenvalue weighted by Gasteiger charge is -2.13. The van der Waals surface area contributed by atoms with Gasteiger partial charge in [0.1, 0.15) is 10.8 Å². The highest BCUT2D eigenvalue weighted by atomic mass is 35.5. The molecule has 1 heterocycles. The van der Waals surface area contributed by atoms with E-state index in [0.717, 1.165) is 10.6 Å². The van der Waals surface area contributed by atoms with Gasteiger partial charge in [0.05, 0.1) is 16.6 Å². The van der Waals surface area contributed by atoms with E-state index in [1.54, 1.807) is 6.07 Å². The summed E-state index contributed by atoms with van der Waals surface area (Å²) in [5, 5.41) is 12.5. The maximum Gasteiger partial charge on any atom is 0.306 e. The number of thiazole rings is 1. The first-order valence-electron chi connectivity index (χ1n) is 7.80. The maximum atomic E-state index is 12.2. The van der Waals surface area contributed by atoms with Crippen molar-refractivity contribution in [1.29, 1.82) is 0 Å². The molecule has 0 aliphatic heterocycles. The Morgan fingerprint density at radius 3 is 2.62 bits per heavy atom. The van der Waals surface area contributed by atoms with E-state index < -0.39 is 11.9 Å². The van der Waals surface area contributed by atoms with E-state index in [0.29, 0.717) is 17.1 Å². The number of Topliss-reactive ketones (excluding diaryl/α,β-unsaturated/α-hetero) is 1. The van der Waals surface area contributed by atoms with Crippen molar-refractivity contribution < 1.29 is 14.7 Å². The van der Waals surface area contributed by atoms with Crippen LogP contribution in [0.25, 0.3) is 10.6 Å². The average molecular weight is 366 g/mol. The van der Waals surface area contributed by atoms with Gasteiger partial charge in [0, 0.05) is 23.8 Å². The summed E-state index contributed by atoms with van der Waals surface area (Å²) in [5.74, 6) is -1.39. The van der Waals surface area contributed by atoms with E-state index in [9.17, 15) is 14.7 Å². The average Bonchev–Trinajstić information content (AvgIpc) is 2.94. The molecule has 6 heteroatoms. The zero-order valence-corrected chi connectivity index (χ0v) is 15.2. The molecule has 24 heavy (non-hydrogen) atoms. The molecule has 1 atom stereocenters. The van der Waals surface area contributed by atoms with Crippen molar-refractivity contribution in [2.45, 2.75) is 33.1 Å². The minimum atomic E-state index is -0.910. The van der Waals surface area contributed by atoms with E-state index in [-0.39, 0.29) is 24.5 Å². The molecule has 0 radical (unpaired) electrons. The maximum absolute atomic E-state index is 12.2. The van der Waals surface area contributed by atoms with Gasteiger partial charge in [-0.1, -0.05) is 43.6 Å². The highest BCUT2D eigenvalue weighted by molar-refractivity contribution is 7.13. The number of carboxylic acid groups (broad SMARTS) is 1. The molecule has 2 rings (SSSR count). The van der Waals surface area contributed by atoms with Gasteiger partial charge in [-0.15, -0.1) is 11.3 Å². The standard InChI is InChI=1S/C18H20ClNO3S/c1-11(2)7-12(18(22)23)8-14(21)9-13-10-24-17(20-13)15-5-3-4-6-16(15)19/h3-6,10-12H,7-9H2,1-2H3,(H,22,23)/t12-/m0/s1. The second kappa shape index (κ2) is 8.40. The van der Waals surface area contributed by atoms with Gasteiger partial charge in [-0.2, -0.15) is 0 Å². The molecule has 0 aliphatic rings. The molecule has 4 nitrogen and oxygen atoms in total. The number of aliphatic carboxylic acids is 1. The molecule has 128 valence electrons. The van der Waals surface area contributed by atoms with E-state index in [1.165, 1.54) is 11.3 Å². The zero-order chi connectivity index (χ0) is 17.7. The molecule has 0 fully saturated rings. The van der Waals surface area contributed by atoms with E-state index in [1.807, 2.05) is 37.4 Å². The van der Waals surface area contributed by atoms with Crippen molar-refractivity contribution >= 4 is 34.7 Å². The molecular weight excluding hydrogens is 346 g/mol. The van der Waals surface area contributed by atoms with Crippen molar-refractivity contribution in [3.05, 3.63) is 40.4 Å². The number of hydrogen-bond acceptors (Lipinski definition) is 4. The summed E-state index contributed by atoms with van der Waals surface area (Å²) in [6.45, 7) is 3.91. The number of hydrogen-bond donors (Lipinski definition) is 1. The van der Waals surface area contributed by atoms with Crippen molar-refractivity contribution in [3.63, 3.8) is 0 Å². The first-order chi connectivity index (χ1) is 11.4. The molecule has 0 amide bonds. The summed E-state index contributed by atoms with van der Waals surface area (Å²) < 4.78 is 0. The number of aromatic nitrogens is 1. The summed E-state index contributed by atoms with van der Waals surface area (Å²) >= 11 is 7.59. The fourth-order valence-corrected chi connectivity index (χ4v) is 3.68. The zero-order valence-electron chi connectivity index (χ0n) is 13.7. The molecule has 1 aromatic carbocycles. The third-order valence-corrected chi connectivity index (χ3v) is 4.87. The Hall–Kier alpha value is -1.72. The van der Waals surface area contributed by atoms with Crippen LogP contribution in [0.4, 0.5) is 0 Å². The summed E-state index contributed by atoms with van der Waals surface area (Å²) in [4.78, 5) is 27.9. The molecule has 0 unspecified atom stereocenters. The lowest BCUT2D eigenvalue weighted by atomic mass is 9.91. The van der Waals surface area contributed by atoms with Gasteiger partial charge in [-0.3, -0.25) is 9.59 Å². The number of carbonyl (C=O) groups is 2. The molecule has 0 spiro atoms. The van der Waals surface area contributed by atoms with Crippen LogP contribution in [0.5, 0.6) is 0 Å².